The van der Waals surface area contributed by atoms with Crippen molar-refractivity contribution in [2.75, 3.05) is 5.32 Å². The van der Waals surface area contributed by atoms with Crippen molar-refractivity contribution in [3.05, 3.63) is 51.7 Å². The largest absolute Gasteiger partial charge is 0.445 e. The molecule has 1 aromatic carbocycles. The van der Waals surface area contributed by atoms with E-state index in [1.807, 2.05) is 13.8 Å². The van der Waals surface area contributed by atoms with Gasteiger partial charge in [0.1, 0.15) is 0 Å². The van der Waals surface area contributed by atoms with Crippen molar-refractivity contribution in [3.8, 4) is 5.69 Å². The normalized spacial score (nSPS) is 11.8. The van der Waals surface area contributed by atoms with Crippen LogP contribution in [-0.4, -0.2) is 25.9 Å². The minimum Gasteiger partial charge on any atom is -0.296 e. The number of nitrogens with one attached hydrogen (secondary N) is 1. The number of halogens is 4. The molecule has 3 aromatic rings. The van der Waals surface area contributed by atoms with E-state index >= 15 is 0 Å². The third kappa shape index (κ3) is 4.11. The van der Waals surface area contributed by atoms with Crippen molar-refractivity contribution in [1.82, 2.24) is 20.0 Å². The van der Waals surface area contributed by atoms with E-state index in [4.69, 9.17) is 11.6 Å². The van der Waals surface area contributed by atoms with Gasteiger partial charge in [0, 0.05) is 5.02 Å². The van der Waals surface area contributed by atoms with E-state index in [0.29, 0.717) is 16.4 Å². The number of aromatic nitrogens is 4. The number of hydrogen-bond acceptors (Lipinski definition) is 5. The molecule has 0 saturated heterocycles. The van der Waals surface area contributed by atoms with E-state index in [-0.39, 0.29) is 27.9 Å². The molecule has 0 fully saturated rings. The molecule has 142 valence electrons. The van der Waals surface area contributed by atoms with Crippen LogP contribution in [0.25, 0.3) is 5.69 Å². The summed E-state index contributed by atoms with van der Waals surface area (Å²) in [5.74, 6) is -0.704. The fourth-order valence-corrected chi connectivity index (χ4v) is 3.25. The Morgan fingerprint density at radius 3 is 2.63 bits per heavy atom. The Morgan fingerprint density at radius 2 is 2.04 bits per heavy atom. The molecule has 0 aliphatic rings. The molecule has 0 aliphatic heterocycles. The van der Waals surface area contributed by atoms with Crippen LogP contribution < -0.4 is 5.32 Å². The number of benzene rings is 1. The first-order valence-electron chi connectivity index (χ1n) is 7.72. The molecule has 2 heterocycles. The number of amides is 1. The second kappa shape index (κ2) is 7.28. The first-order chi connectivity index (χ1) is 12.7. The summed E-state index contributed by atoms with van der Waals surface area (Å²) in [4.78, 5) is 12.6. The summed E-state index contributed by atoms with van der Waals surface area (Å²) in [7, 11) is 0. The van der Waals surface area contributed by atoms with Crippen molar-refractivity contribution in [2.45, 2.75) is 25.9 Å². The number of rotatable bonds is 4. The van der Waals surface area contributed by atoms with Gasteiger partial charge in [0.15, 0.2) is 0 Å². The molecule has 0 radical (unpaired) electrons. The molecule has 11 heteroatoms. The summed E-state index contributed by atoms with van der Waals surface area (Å²) in [6, 6.07) is 6.95. The second-order valence-electron chi connectivity index (χ2n) is 5.85. The quantitative estimate of drug-likeness (QED) is 0.666. The van der Waals surface area contributed by atoms with Gasteiger partial charge in [0.2, 0.25) is 10.1 Å². The average Bonchev–Trinajstić information content (AvgIpc) is 3.21. The van der Waals surface area contributed by atoms with Crippen LogP contribution in [0.1, 0.15) is 40.8 Å². The summed E-state index contributed by atoms with van der Waals surface area (Å²) in [5.41, 5.74) is 1.49. The SMILES string of the molecule is CC(C)c1c(C(=O)Nc2nnc(C(F)(F)F)s2)cnn1-c1cccc(Cl)c1. The molecule has 0 spiro atoms. The number of anilines is 1. The molecule has 2 aromatic heterocycles. The molecular formula is C16H13ClF3N5OS. The fraction of sp³-hybridized carbons (Fsp3) is 0.250. The summed E-state index contributed by atoms with van der Waals surface area (Å²) in [6.07, 6.45) is -3.25. The number of carbonyl (C=O) groups excluding carboxylic acids is 1. The Labute approximate surface area is 161 Å². The highest BCUT2D eigenvalue weighted by molar-refractivity contribution is 7.15. The lowest BCUT2D eigenvalue weighted by Crippen LogP contribution is -2.15. The van der Waals surface area contributed by atoms with Crippen molar-refractivity contribution in [3.63, 3.8) is 0 Å². The fourth-order valence-electron chi connectivity index (χ4n) is 2.45. The van der Waals surface area contributed by atoms with Gasteiger partial charge in [-0.2, -0.15) is 18.3 Å². The molecule has 1 amide bonds. The van der Waals surface area contributed by atoms with E-state index in [1.165, 1.54) is 6.20 Å². The zero-order valence-electron chi connectivity index (χ0n) is 14.1. The van der Waals surface area contributed by atoms with E-state index in [2.05, 4.69) is 20.6 Å². The van der Waals surface area contributed by atoms with Crippen LogP contribution >= 0.6 is 22.9 Å². The van der Waals surface area contributed by atoms with Gasteiger partial charge in [-0.25, -0.2) is 4.68 Å². The first kappa shape index (κ1) is 19.3. The highest BCUT2D eigenvalue weighted by atomic mass is 35.5. The van der Waals surface area contributed by atoms with Gasteiger partial charge < -0.3 is 0 Å². The topological polar surface area (TPSA) is 72.7 Å². The standard InChI is InChI=1S/C16H13ClF3N5OS/c1-8(2)12-11(7-21-25(12)10-5-3-4-9(17)6-10)13(26)22-15-24-23-14(27-15)16(18,19)20/h3-8H,1-2H3,(H,22,24,26). The third-order valence-electron chi connectivity index (χ3n) is 3.54. The number of nitrogens with zero attached hydrogens (tertiary/aromatic N) is 4. The first-order valence-corrected chi connectivity index (χ1v) is 8.92. The van der Waals surface area contributed by atoms with Crippen LogP contribution in [0, 0.1) is 0 Å². The molecule has 0 aliphatic carbocycles. The van der Waals surface area contributed by atoms with Gasteiger partial charge in [-0.1, -0.05) is 42.9 Å². The van der Waals surface area contributed by atoms with E-state index in [9.17, 15) is 18.0 Å². The molecule has 0 unspecified atom stereocenters. The Kier molecular flexibility index (Phi) is 5.20. The lowest BCUT2D eigenvalue weighted by Gasteiger charge is -2.12. The summed E-state index contributed by atoms with van der Waals surface area (Å²) in [6.45, 7) is 3.75. The smallest absolute Gasteiger partial charge is 0.296 e. The van der Waals surface area contributed by atoms with Crippen LogP contribution in [0.2, 0.25) is 5.02 Å². The molecule has 0 saturated carbocycles. The van der Waals surface area contributed by atoms with Crippen LogP contribution in [-0.2, 0) is 6.18 Å². The van der Waals surface area contributed by atoms with Crippen LogP contribution in [0.5, 0.6) is 0 Å². The predicted molar refractivity (Wildman–Crippen MR) is 95.5 cm³/mol. The van der Waals surface area contributed by atoms with Crippen molar-refractivity contribution >= 4 is 34.0 Å². The van der Waals surface area contributed by atoms with Gasteiger partial charge in [0.05, 0.1) is 23.1 Å². The Bertz CT molecular complexity index is 983. The third-order valence-corrected chi connectivity index (χ3v) is 4.66. The summed E-state index contributed by atoms with van der Waals surface area (Å²) in [5, 5.41) is 12.2. The minimum atomic E-state index is -4.61. The van der Waals surface area contributed by atoms with Crippen LogP contribution in [0.4, 0.5) is 18.3 Å². The van der Waals surface area contributed by atoms with E-state index < -0.39 is 17.1 Å². The molecule has 6 nitrogen and oxygen atoms in total. The monoisotopic (exact) mass is 415 g/mol. The zero-order valence-corrected chi connectivity index (χ0v) is 15.7. The maximum Gasteiger partial charge on any atom is 0.445 e. The van der Waals surface area contributed by atoms with Gasteiger partial charge >= 0.3 is 6.18 Å². The van der Waals surface area contributed by atoms with Crippen LogP contribution in [0.3, 0.4) is 0 Å². The summed E-state index contributed by atoms with van der Waals surface area (Å²) < 4.78 is 39.5. The van der Waals surface area contributed by atoms with Crippen LogP contribution in [0.15, 0.2) is 30.5 Å². The maximum absolute atomic E-state index is 12.6. The van der Waals surface area contributed by atoms with Crippen molar-refractivity contribution < 1.29 is 18.0 Å². The molecular weight excluding hydrogens is 403 g/mol. The Hall–Kier alpha value is -2.46. The highest BCUT2D eigenvalue weighted by Gasteiger charge is 2.36. The van der Waals surface area contributed by atoms with Gasteiger partial charge in [-0.3, -0.25) is 10.1 Å². The Balaban J connectivity index is 1.92. The van der Waals surface area contributed by atoms with Gasteiger partial charge in [0.25, 0.3) is 5.91 Å². The Morgan fingerprint density at radius 1 is 1.30 bits per heavy atom. The average molecular weight is 416 g/mol. The molecule has 0 bridgehead atoms. The molecule has 1 N–H and O–H groups in total. The van der Waals surface area contributed by atoms with Gasteiger partial charge in [-0.15, -0.1) is 10.2 Å². The lowest BCUT2D eigenvalue weighted by atomic mass is 10.1. The summed E-state index contributed by atoms with van der Waals surface area (Å²) >= 11 is 6.27. The van der Waals surface area contributed by atoms with Crippen molar-refractivity contribution in [2.24, 2.45) is 0 Å². The predicted octanol–water partition coefficient (Wildman–Crippen LogP) is 4.77. The molecule has 3 rings (SSSR count). The van der Waals surface area contributed by atoms with E-state index in [0.717, 1.165) is 0 Å². The highest BCUT2D eigenvalue weighted by Crippen LogP contribution is 2.33. The minimum absolute atomic E-state index is 0.0904. The number of alkyl halides is 3. The van der Waals surface area contributed by atoms with Crippen molar-refractivity contribution in [1.29, 1.82) is 0 Å². The lowest BCUT2D eigenvalue weighted by molar-refractivity contribution is -0.138. The van der Waals surface area contributed by atoms with E-state index in [1.54, 1.807) is 28.9 Å². The number of hydrogen-bond donors (Lipinski definition) is 1. The zero-order chi connectivity index (χ0) is 19.8. The second-order valence-corrected chi connectivity index (χ2v) is 7.27. The molecule has 0 atom stereocenters. The maximum atomic E-state index is 12.6. The molecule has 27 heavy (non-hydrogen) atoms. The van der Waals surface area contributed by atoms with Gasteiger partial charge in [-0.05, 0) is 24.1 Å². The number of carbonyl (C=O) groups is 1.